The fraction of sp³-hybridized carbons (Fsp3) is 0.545. The van der Waals surface area contributed by atoms with Crippen LogP contribution < -0.4 is 5.73 Å². The molecule has 0 bridgehead atoms. The van der Waals surface area contributed by atoms with Crippen LogP contribution >= 0.6 is 0 Å². The Balaban J connectivity index is 0.000000479. The highest BCUT2D eigenvalue weighted by molar-refractivity contribution is 5.95. The Morgan fingerprint density at radius 1 is 1.24 bits per heavy atom. The van der Waals surface area contributed by atoms with Crippen LogP contribution in [-0.4, -0.2) is 56.1 Å². The van der Waals surface area contributed by atoms with E-state index in [0.717, 1.165) is 55.7 Å². The lowest BCUT2D eigenvalue weighted by atomic mass is 9.96. The number of nitrogens with zero attached hydrogens (tertiary/aromatic N) is 4. The van der Waals surface area contributed by atoms with E-state index in [0.29, 0.717) is 5.92 Å². The van der Waals surface area contributed by atoms with Crippen molar-refractivity contribution in [3.05, 3.63) is 47.3 Å². The Labute approximate surface area is 190 Å². The van der Waals surface area contributed by atoms with E-state index in [1.54, 1.807) is 0 Å². The number of halogens is 3. The minimum Gasteiger partial charge on any atom is -0.475 e. The number of carbonyl (C=O) groups excluding carboxylic acids is 1. The molecular formula is C22H30F3N5O3. The van der Waals surface area contributed by atoms with Gasteiger partial charge in [-0.05, 0) is 50.7 Å². The number of carboxylic acids is 1. The van der Waals surface area contributed by atoms with Crippen LogP contribution in [0.25, 0.3) is 0 Å². The predicted molar refractivity (Wildman–Crippen MR) is 115 cm³/mol. The highest BCUT2D eigenvalue weighted by Gasteiger charge is 2.38. The summed E-state index contributed by atoms with van der Waals surface area (Å²) in [5, 5.41) is 15.5. The maximum Gasteiger partial charge on any atom is 0.490 e. The third kappa shape index (κ3) is 7.55. The van der Waals surface area contributed by atoms with Crippen LogP contribution in [0.4, 0.5) is 13.2 Å². The van der Waals surface area contributed by atoms with E-state index in [2.05, 4.69) is 17.2 Å². The smallest absolute Gasteiger partial charge is 0.475 e. The molecule has 1 aliphatic heterocycles. The van der Waals surface area contributed by atoms with E-state index in [1.807, 2.05) is 53.9 Å². The summed E-state index contributed by atoms with van der Waals surface area (Å²) >= 11 is 0. The van der Waals surface area contributed by atoms with E-state index >= 15 is 0 Å². The Morgan fingerprint density at radius 3 is 2.42 bits per heavy atom. The van der Waals surface area contributed by atoms with Crippen molar-refractivity contribution in [2.75, 3.05) is 13.1 Å². The third-order valence-electron chi connectivity index (χ3n) is 5.32. The van der Waals surface area contributed by atoms with Crippen LogP contribution in [0.15, 0.2) is 30.5 Å². The molecule has 0 radical (unpaired) electrons. The summed E-state index contributed by atoms with van der Waals surface area (Å²) in [4.78, 5) is 23.9. The number of hydrogen-bond donors (Lipinski definition) is 2. The van der Waals surface area contributed by atoms with Crippen molar-refractivity contribution in [1.29, 1.82) is 0 Å². The van der Waals surface area contributed by atoms with Gasteiger partial charge in [0.25, 0.3) is 5.91 Å². The van der Waals surface area contributed by atoms with Gasteiger partial charge in [-0.1, -0.05) is 30.3 Å². The number of hydrogen-bond acceptors (Lipinski definition) is 5. The van der Waals surface area contributed by atoms with Crippen LogP contribution in [0.3, 0.4) is 0 Å². The molecule has 1 fully saturated rings. The van der Waals surface area contributed by atoms with E-state index in [9.17, 15) is 18.0 Å². The van der Waals surface area contributed by atoms with Gasteiger partial charge in [-0.2, -0.15) is 13.2 Å². The molecule has 1 atom stereocenters. The monoisotopic (exact) mass is 469 g/mol. The van der Waals surface area contributed by atoms with Crippen molar-refractivity contribution in [2.45, 2.75) is 58.3 Å². The number of piperidine rings is 1. The van der Waals surface area contributed by atoms with Gasteiger partial charge in [0.2, 0.25) is 0 Å². The second kappa shape index (κ2) is 10.8. The summed E-state index contributed by atoms with van der Waals surface area (Å²) in [5.74, 6) is -2.22. The molecule has 0 aliphatic carbocycles. The number of aliphatic carboxylic acids is 1. The second-order valence-corrected chi connectivity index (χ2v) is 8.62. The van der Waals surface area contributed by atoms with Crippen molar-refractivity contribution in [2.24, 2.45) is 11.7 Å². The number of amides is 1. The Bertz CT molecular complexity index is 953. The number of aryl methyl sites for hydroxylation is 1. The van der Waals surface area contributed by atoms with Crippen molar-refractivity contribution < 1.29 is 27.9 Å². The molecule has 3 N–H and O–H groups in total. The molecule has 3 rings (SSSR count). The quantitative estimate of drug-likeness (QED) is 0.695. The zero-order valence-corrected chi connectivity index (χ0v) is 19.0. The van der Waals surface area contributed by atoms with Gasteiger partial charge in [0, 0.05) is 25.2 Å². The van der Waals surface area contributed by atoms with Crippen molar-refractivity contribution in [3.63, 3.8) is 0 Å². The molecule has 1 amide bonds. The lowest BCUT2D eigenvalue weighted by Gasteiger charge is -2.33. The SMILES string of the molecule is CCc1ccccc1C(=O)N1CCCC(Cn2cc(C(C)(C)N)nn2)C1.O=C(O)C(F)(F)F. The summed E-state index contributed by atoms with van der Waals surface area (Å²) in [6.07, 6.45) is -0.169. The summed E-state index contributed by atoms with van der Waals surface area (Å²) in [6, 6.07) is 7.92. The molecule has 11 heteroatoms. The number of benzene rings is 1. The Kier molecular flexibility index (Phi) is 8.59. The molecule has 2 heterocycles. The lowest BCUT2D eigenvalue weighted by Crippen LogP contribution is -2.41. The Hall–Kier alpha value is -2.95. The number of carboxylic acid groups (broad SMARTS) is 1. The number of aromatic nitrogens is 3. The fourth-order valence-electron chi connectivity index (χ4n) is 3.55. The molecule has 1 unspecified atom stereocenters. The number of alkyl halides is 3. The zero-order valence-electron chi connectivity index (χ0n) is 19.0. The lowest BCUT2D eigenvalue weighted by molar-refractivity contribution is -0.192. The second-order valence-electron chi connectivity index (χ2n) is 8.62. The van der Waals surface area contributed by atoms with E-state index in [1.165, 1.54) is 0 Å². The van der Waals surface area contributed by atoms with E-state index in [-0.39, 0.29) is 5.91 Å². The first-order valence-electron chi connectivity index (χ1n) is 10.7. The minimum atomic E-state index is -5.08. The van der Waals surface area contributed by atoms with Crippen molar-refractivity contribution in [3.8, 4) is 0 Å². The van der Waals surface area contributed by atoms with E-state index < -0.39 is 17.7 Å². The van der Waals surface area contributed by atoms with Crippen molar-refractivity contribution >= 4 is 11.9 Å². The zero-order chi connectivity index (χ0) is 24.8. The molecule has 0 saturated carbocycles. The van der Waals surface area contributed by atoms with Crippen molar-refractivity contribution in [1.82, 2.24) is 19.9 Å². The highest BCUT2D eigenvalue weighted by Crippen LogP contribution is 2.22. The van der Waals surface area contributed by atoms with Gasteiger partial charge >= 0.3 is 12.1 Å². The first-order valence-corrected chi connectivity index (χ1v) is 10.7. The normalized spacial score (nSPS) is 16.7. The van der Waals surface area contributed by atoms with Gasteiger partial charge in [-0.25, -0.2) is 4.79 Å². The van der Waals surface area contributed by atoms with Crippen LogP contribution in [0, 0.1) is 5.92 Å². The first-order chi connectivity index (χ1) is 15.3. The van der Waals surface area contributed by atoms with Gasteiger partial charge < -0.3 is 15.7 Å². The van der Waals surface area contributed by atoms with Gasteiger partial charge in [0.15, 0.2) is 0 Å². The molecule has 33 heavy (non-hydrogen) atoms. The third-order valence-corrected chi connectivity index (χ3v) is 5.32. The minimum absolute atomic E-state index is 0.148. The molecule has 2 aromatic rings. The average molecular weight is 470 g/mol. The molecule has 8 nitrogen and oxygen atoms in total. The molecule has 182 valence electrons. The number of likely N-dealkylation sites (tertiary alicyclic amines) is 1. The summed E-state index contributed by atoms with van der Waals surface area (Å²) < 4.78 is 33.6. The molecule has 1 aliphatic rings. The molecule has 1 aromatic heterocycles. The largest absolute Gasteiger partial charge is 0.490 e. The molecular weight excluding hydrogens is 439 g/mol. The summed E-state index contributed by atoms with van der Waals surface area (Å²) in [5.41, 5.74) is 8.34. The molecule has 1 aromatic carbocycles. The summed E-state index contributed by atoms with van der Waals surface area (Å²) in [6.45, 7) is 8.29. The van der Waals surface area contributed by atoms with Gasteiger partial charge in [-0.15, -0.1) is 5.10 Å². The van der Waals surface area contributed by atoms with Gasteiger partial charge in [0.05, 0.1) is 11.7 Å². The van der Waals surface area contributed by atoms with Crippen LogP contribution in [0.2, 0.25) is 0 Å². The standard InChI is InChI=1S/C20H29N5O.C2HF3O2/c1-4-16-9-5-6-10-17(16)19(26)24-11-7-8-15(12-24)13-25-14-18(22-23-25)20(2,3)21;3-2(4,5)1(6)7/h5-6,9-10,14-15H,4,7-8,11-13,21H2,1-3H3;(H,6,7). The van der Waals surface area contributed by atoms with Gasteiger partial charge in [0.1, 0.15) is 5.69 Å². The van der Waals surface area contributed by atoms with Crippen LogP contribution in [0.1, 0.15) is 55.2 Å². The number of nitrogens with two attached hydrogens (primary N) is 1. The maximum atomic E-state index is 13.0. The van der Waals surface area contributed by atoms with Crippen LogP contribution in [-0.2, 0) is 23.3 Å². The van der Waals surface area contributed by atoms with Gasteiger partial charge in [-0.3, -0.25) is 9.48 Å². The fourth-order valence-corrected chi connectivity index (χ4v) is 3.55. The summed E-state index contributed by atoms with van der Waals surface area (Å²) in [7, 11) is 0. The topological polar surface area (TPSA) is 114 Å². The number of carbonyl (C=O) groups is 2. The molecule has 0 spiro atoms. The first kappa shape index (κ1) is 26.3. The molecule has 1 saturated heterocycles. The average Bonchev–Trinajstić information content (AvgIpc) is 3.22. The predicted octanol–water partition coefficient (Wildman–Crippen LogP) is 3.22. The van der Waals surface area contributed by atoms with E-state index in [4.69, 9.17) is 15.6 Å². The highest BCUT2D eigenvalue weighted by atomic mass is 19.4. The number of rotatable bonds is 5. The van der Waals surface area contributed by atoms with Crippen LogP contribution in [0.5, 0.6) is 0 Å². The maximum absolute atomic E-state index is 13.0. The Morgan fingerprint density at radius 2 is 1.88 bits per heavy atom.